The molecule has 4 N–H and O–H groups in total. The summed E-state index contributed by atoms with van der Waals surface area (Å²) in [6, 6.07) is -1.02. The summed E-state index contributed by atoms with van der Waals surface area (Å²) >= 11 is 0. The van der Waals surface area contributed by atoms with Crippen LogP contribution in [0.15, 0.2) is 0 Å². The molecule has 0 saturated carbocycles. The molecule has 46 heavy (non-hydrogen) atoms. The Morgan fingerprint density at radius 1 is 0.674 bits per heavy atom. The van der Waals surface area contributed by atoms with Gasteiger partial charge in [0.2, 0.25) is 5.91 Å². The lowest BCUT2D eigenvalue weighted by atomic mass is 9.99. The van der Waals surface area contributed by atoms with Crippen molar-refractivity contribution in [2.45, 2.75) is 186 Å². The molecule has 0 rings (SSSR count). The summed E-state index contributed by atoms with van der Waals surface area (Å²) < 4.78 is 23.4. The average molecular weight is 680 g/mol. The first-order valence-electron chi connectivity index (χ1n) is 19.0. The lowest BCUT2D eigenvalue weighted by molar-refractivity contribution is -0.870. The van der Waals surface area contributed by atoms with Crippen LogP contribution in [-0.2, 0) is 18.4 Å². The summed E-state index contributed by atoms with van der Waals surface area (Å²) in [7, 11) is 1.44. The van der Waals surface area contributed by atoms with Crippen LogP contribution in [0.1, 0.15) is 168 Å². The van der Waals surface area contributed by atoms with E-state index < -0.39 is 32.7 Å². The number of likely N-dealkylation sites (N-methyl/N-ethyl adjacent to an activating group) is 1. The number of phosphoric acid groups is 1. The van der Waals surface area contributed by atoms with E-state index in [-0.39, 0.29) is 12.5 Å². The van der Waals surface area contributed by atoms with Crippen LogP contribution in [0.2, 0.25) is 0 Å². The largest absolute Gasteiger partial charge is 0.472 e. The number of rotatable bonds is 34. The Hall–Kier alpha value is -0.540. The molecule has 0 aliphatic rings. The van der Waals surface area contributed by atoms with E-state index in [0.717, 1.165) is 38.5 Å². The fourth-order valence-electron chi connectivity index (χ4n) is 5.55. The molecule has 0 bridgehead atoms. The van der Waals surface area contributed by atoms with Gasteiger partial charge in [-0.1, -0.05) is 149 Å². The van der Waals surface area contributed by atoms with E-state index in [9.17, 15) is 24.5 Å². The summed E-state index contributed by atoms with van der Waals surface area (Å²) in [6.07, 6.45) is 24.4. The molecule has 0 saturated heterocycles. The molecule has 0 aliphatic carbocycles. The average Bonchev–Trinajstić information content (AvgIpc) is 2.99. The molecule has 0 aromatic carbocycles. The normalized spacial score (nSPS) is 15.4. The van der Waals surface area contributed by atoms with Gasteiger partial charge >= 0.3 is 7.82 Å². The molecule has 0 aromatic rings. The van der Waals surface area contributed by atoms with Crippen molar-refractivity contribution >= 4 is 13.7 Å². The highest BCUT2D eigenvalue weighted by molar-refractivity contribution is 7.47. The molecule has 4 unspecified atom stereocenters. The molecule has 0 fully saturated rings. The van der Waals surface area contributed by atoms with E-state index in [1.807, 2.05) is 21.1 Å². The van der Waals surface area contributed by atoms with Crippen molar-refractivity contribution in [1.29, 1.82) is 0 Å². The van der Waals surface area contributed by atoms with E-state index in [1.165, 1.54) is 103 Å². The summed E-state index contributed by atoms with van der Waals surface area (Å²) in [5.74, 6) is -0.261. The van der Waals surface area contributed by atoms with Crippen LogP contribution in [0.25, 0.3) is 0 Å². The standard InChI is InChI=1S/C36H75N2O7P/c1-6-8-10-12-14-16-18-19-20-22-24-26-28-34(39)36(41)33(32-45-46(42,43)44-31-30-38(3,4)5)37-35(40)29-27-25-23-21-17-15-13-11-9-7-2/h33-34,36,39,41H,6-32H2,1-5H3,(H-,37,40,42,43)/p+1. The van der Waals surface area contributed by atoms with Crippen LogP contribution in [0, 0.1) is 0 Å². The molecule has 0 heterocycles. The zero-order valence-electron chi connectivity index (χ0n) is 30.7. The minimum absolute atomic E-state index is 0.0250. The number of aliphatic hydroxyl groups excluding tert-OH is 2. The second kappa shape index (κ2) is 29.4. The first-order valence-corrected chi connectivity index (χ1v) is 20.5. The van der Waals surface area contributed by atoms with Gasteiger partial charge in [-0.15, -0.1) is 0 Å². The van der Waals surface area contributed by atoms with Crippen molar-refractivity contribution < 1.29 is 38.0 Å². The minimum Gasteiger partial charge on any atom is -0.390 e. The first kappa shape index (κ1) is 45.5. The van der Waals surface area contributed by atoms with Gasteiger partial charge in [0, 0.05) is 6.42 Å². The Morgan fingerprint density at radius 2 is 1.09 bits per heavy atom. The number of nitrogens with one attached hydrogen (secondary N) is 1. The topological polar surface area (TPSA) is 125 Å². The molecule has 0 aliphatic heterocycles. The van der Waals surface area contributed by atoms with Crippen LogP contribution in [0.4, 0.5) is 0 Å². The van der Waals surface area contributed by atoms with E-state index in [2.05, 4.69) is 19.2 Å². The highest BCUT2D eigenvalue weighted by Crippen LogP contribution is 2.43. The fraction of sp³-hybridized carbons (Fsp3) is 0.972. The number of hydrogen-bond donors (Lipinski definition) is 4. The molecule has 10 heteroatoms. The maximum Gasteiger partial charge on any atom is 0.472 e. The van der Waals surface area contributed by atoms with Crippen LogP contribution in [0.5, 0.6) is 0 Å². The molecule has 9 nitrogen and oxygen atoms in total. The van der Waals surface area contributed by atoms with Gasteiger partial charge in [0.25, 0.3) is 0 Å². The Labute approximate surface area is 283 Å². The summed E-state index contributed by atoms with van der Waals surface area (Å²) in [4.78, 5) is 23.0. The Morgan fingerprint density at radius 3 is 1.52 bits per heavy atom. The number of unbranched alkanes of at least 4 members (excludes halogenated alkanes) is 20. The molecule has 1 amide bonds. The van der Waals surface area contributed by atoms with Gasteiger partial charge in [-0.2, -0.15) is 0 Å². The van der Waals surface area contributed by atoms with Crippen LogP contribution in [-0.4, -0.2) is 84.6 Å². The SMILES string of the molecule is CCCCCCCCCCCCCCC(O)C(O)C(COP(=O)(O)OCC[N+](C)(C)C)NC(=O)CCCCCCCCCCCC. The lowest BCUT2D eigenvalue weighted by Gasteiger charge is -2.28. The number of hydrogen-bond acceptors (Lipinski definition) is 6. The molecule has 276 valence electrons. The first-order chi connectivity index (χ1) is 21.9. The molecular weight excluding hydrogens is 603 g/mol. The smallest absolute Gasteiger partial charge is 0.390 e. The predicted molar refractivity (Wildman–Crippen MR) is 191 cm³/mol. The molecular formula is C36H76N2O7P+. The summed E-state index contributed by atoms with van der Waals surface area (Å²) in [6.45, 7) is 4.57. The Balaban J connectivity index is 4.62. The third-order valence-corrected chi connectivity index (χ3v) is 9.68. The van der Waals surface area contributed by atoms with Gasteiger partial charge in [-0.25, -0.2) is 4.57 Å². The van der Waals surface area contributed by atoms with Gasteiger partial charge in [0.05, 0.1) is 39.9 Å². The van der Waals surface area contributed by atoms with Gasteiger partial charge in [-0.3, -0.25) is 13.8 Å². The zero-order valence-corrected chi connectivity index (χ0v) is 31.6. The molecule has 4 atom stereocenters. The van der Waals surface area contributed by atoms with E-state index >= 15 is 0 Å². The highest BCUT2D eigenvalue weighted by atomic mass is 31.2. The number of aliphatic hydroxyl groups is 2. The van der Waals surface area contributed by atoms with Crippen molar-refractivity contribution in [2.24, 2.45) is 0 Å². The number of nitrogens with zero attached hydrogens (tertiary/aromatic N) is 1. The highest BCUT2D eigenvalue weighted by Gasteiger charge is 2.31. The van der Waals surface area contributed by atoms with Crippen molar-refractivity contribution in [3.63, 3.8) is 0 Å². The maximum absolute atomic E-state index is 12.8. The van der Waals surface area contributed by atoms with Crippen molar-refractivity contribution in [2.75, 3.05) is 40.9 Å². The fourth-order valence-corrected chi connectivity index (χ4v) is 6.29. The van der Waals surface area contributed by atoms with Gasteiger partial charge in [0.1, 0.15) is 19.3 Å². The van der Waals surface area contributed by atoms with E-state index in [0.29, 0.717) is 23.9 Å². The minimum atomic E-state index is -4.40. The summed E-state index contributed by atoms with van der Waals surface area (Å²) in [5, 5.41) is 24.5. The molecule has 0 spiro atoms. The predicted octanol–water partition coefficient (Wildman–Crippen LogP) is 8.44. The number of carbonyl (C=O) groups excluding carboxylic acids is 1. The summed E-state index contributed by atoms with van der Waals surface area (Å²) in [5.41, 5.74) is 0. The van der Waals surface area contributed by atoms with Gasteiger partial charge in [-0.05, 0) is 12.8 Å². The second-order valence-corrected chi connectivity index (χ2v) is 15.9. The monoisotopic (exact) mass is 680 g/mol. The van der Waals surface area contributed by atoms with Crippen LogP contribution in [0.3, 0.4) is 0 Å². The zero-order chi connectivity index (χ0) is 34.5. The van der Waals surface area contributed by atoms with Crippen molar-refractivity contribution in [3.8, 4) is 0 Å². The number of phosphoric ester groups is 1. The second-order valence-electron chi connectivity index (χ2n) is 14.5. The number of quaternary nitrogens is 1. The Bertz CT molecular complexity index is 750. The number of carbonyl (C=O) groups is 1. The number of amides is 1. The third-order valence-electron chi connectivity index (χ3n) is 8.70. The van der Waals surface area contributed by atoms with Crippen LogP contribution >= 0.6 is 7.82 Å². The van der Waals surface area contributed by atoms with Crippen LogP contribution < -0.4 is 5.32 Å². The van der Waals surface area contributed by atoms with Gasteiger partial charge < -0.3 is 24.9 Å². The molecule has 0 radical (unpaired) electrons. The quantitative estimate of drug-likeness (QED) is 0.0306. The maximum atomic E-state index is 12.8. The van der Waals surface area contributed by atoms with Gasteiger partial charge in [0.15, 0.2) is 0 Å². The van der Waals surface area contributed by atoms with Crippen molar-refractivity contribution in [1.82, 2.24) is 5.32 Å². The third kappa shape index (κ3) is 29.6. The van der Waals surface area contributed by atoms with E-state index in [1.54, 1.807) is 0 Å². The Kier molecular flexibility index (Phi) is 29.0. The van der Waals surface area contributed by atoms with Crippen molar-refractivity contribution in [3.05, 3.63) is 0 Å². The lowest BCUT2D eigenvalue weighted by Crippen LogP contribution is -2.51. The molecule has 0 aromatic heterocycles. The van der Waals surface area contributed by atoms with E-state index in [4.69, 9.17) is 9.05 Å².